The Balaban J connectivity index is 1.61. The van der Waals surface area contributed by atoms with Gasteiger partial charge in [0.2, 0.25) is 0 Å². The van der Waals surface area contributed by atoms with E-state index in [1.807, 2.05) is 10.8 Å². The average Bonchev–Trinajstić information content (AvgIpc) is 3.35. The van der Waals surface area contributed by atoms with Crippen LogP contribution in [0, 0.1) is 0 Å². The minimum Gasteiger partial charge on any atom is -0.480 e. The molecule has 5 rings (SSSR count). The molecule has 2 aliphatic rings. The van der Waals surface area contributed by atoms with Crippen molar-refractivity contribution in [3.63, 3.8) is 0 Å². The van der Waals surface area contributed by atoms with E-state index in [4.69, 9.17) is 0 Å². The third-order valence-electron chi connectivity index (χ3n) is 5.66. The molecule has 0 aliphatic heterocycles. The number of carboxylic acid groups (broad SMARTS) is 1. The zero-order valence-electron chi connectivity index (χ0n) is 14.4. The van der Waals surface area contributed by atoms with E-state index in [1.54, 1.807) is 6.20 Å². The number of nitrogens with zero attached hydrogens (tertiary/aromatic N) is 2. The molecule has 0 bridgehead atoms. The van der Waals surface area contributed by atoms with Gasteiger partial charge in [0.25, 0.3) is 0 Å². The maximum Gasteiger partial charge on any atom is 0.320 e. The van der Waals surface area contributed by atoms with Gasteiger partial charge < -0.3 is 5.11 Å². The molecule has 1 N–H and O–H groups in total. The van der Waals surface area contributed by atoms with Gasteiger partial charge in [-0.15, -0.1) is 0 Å². The maximum atomic E-state index is 11.8. The average molecular weight is 364 g/mol. The molecule has 132 valence electrons. The van der Waals surface area contributed by atoms with Crippen molar-refractivity contribution in [3.8, 4) is 5.69 Å². The minimum absolute atomic E-state index is 0.691. The molecule has 2 saturated carbocycles. The molecule has 0 spiro atoms. The molecule has 0 radical (unpaired) electrons. The topological polar surface area (TPSA) is 55.1 Å². The van der Waals surface area contributed by atoms with Gasteiger partial charge in [-0.1, -0.05) is 42.1 Å². The van der Waals surface area contributed by atoms with Crippen molar-refractivity contribution in [3.05, 3.63) is 54.4 Å². The third-order valence-corrected chi connectivity index (χ3v) is 7.11. The summed E-state index contributed by atoms with van der Waals surface area (Å²) < 4.78 is 1.33. The summed E-state index contributed by atoms with van der Waals surface area (Å²) in [5.41, 5.74) is 2.50. The quantitative estimate of drug-likeness (QED) is 0.692. The monoisotopic (exact) mass is 364 g/mol. The fourth-order valence-electron chi connectivity index (χ4n) is 3.85. The molecule has 1 aromatic heterocycles. The van der Waals surface area contributed by atoms with Gasteiger partial charge in [0.1, 0.15) is 4.75 Å². The highest BCUT2D eigenvalue weighted by molar-refractivity contribution is 8.01. The molecule has 26 heavy (non-hydrogen) atoms. The van der Waals surface area contributed by atoms with E-state index in [9.17, 15) is 9.90 Å². The Morgan fingerprint density at radius 2 is 1.92 bits per heavy atom. The van der Waals surface area contributed by atoms with Crippen molar-refractivity contribution >= 4 is 28.5 Å². The molecule has 2 aromatic carbocycles. The van der Waals surface area contributed by atoms with Crippen LogP contribution in [0.1, 0.15) is 43.6 Å². The highest BCUT2D eigenvalue weighted by atomic mass is 32.2. The molecule has 2 fully saturated rings. The Bertz CT molecular complexity index is 1000. The molecule has 5 heteroatoms. The van der Waals surface area contributed by atoms with Gasteiger partial charge in [-0.2, -0.15) is 0 Å². The molecule has 1 heterocycles. The molecule has 0 saturated heterocycles. The lowest BCUT2D eigenvalue weighted by Crippen LogP contribution is -2.42. The van der Waals surface area contributed by atoms with Crippen LogP contribution in [0.25, 0.3) is 16.5 Å². The first-order valence-corrected chi connectivity index (χ1v) is 9.97. The van der Waals surface area contributed by atoms with Crippen molar-refractivity contribution in [1.29, 1.82) is 0 Å². The maximum absolute atomic E-state index is 11.8. The minimum atomic E-state index is -0.725. The summed E-state index contributed by atoms with van der Waals surface area (Å²) in [7, 11) is 0. The predicted octanol–water partition coefficient (Wildman–Crippen LogP) is 5.00. The van der Waals surface area contributed by atoms with E-state index in [2.05, 4.69) is 41.4 Å². The molecule has 0 atom stereocenters. The number of carbonyl (C=O) groups is 1. The molecule has 2 aliphatic carbocycles. The zero-order chi connectivity index (χ0) is 17.7. The Labute approximate surface area is 156 Å². The van der Waals surface area contributed by atoms with Crippen molar-refractivity contribution < 1.29 is 9.90 Å². The molecular formula is C21H20N2O2S. The lowest BCUT2D eigenvalue weighted by molar-refractivity contribution is -0.142. The predicted molar refractivity (Wildman–Crippen MR) is 103 cm³/mol. The van der Waals surface area contributed by atoms with Gasteiger partial charge >= 0.3 is 5.97 Å². The van der Waals surface area contributed by atoms with E-state index in [0.717, 1.165) is 17.3 Å². The largest absolute Gasteiger partial charge is 0.480 e. The SMILES string of the molecule is O=C(O)C1(Sc2nccn2-c2ccc(C3CC3)c3ccccc23)CCC1. The third kappa shape index (κ3) is 2.45. The molecule has 4 nitrogen and oxygen atoms in total. The van der Waals surface area contributed by atoms with Crippen LogP contribution < -0.4 is 0 Å². The van der Waals surface area contributed by atoms with E-state index in [0.29, 0.717) is 18.8 Å². The van der Waals surface area contributed by atoms with Gasteiger partial charge in [0, 0.05) is 17.8 Å². The van der Waals surface area contributed by atoms with E-state index in [1.165, 1.54) is 40.9 Å². The first-order chi connectivity index (χ1) is 12.7. The summed E-state index contributed by atoms with van der Waals surface area (Å²) in [6, 6.07) is 12.9. The van der Waals surface area contributed by atoms with Crippen LogP contribution in [0.15, 0.2) is 53.9 Å². The number of carboxylic acids is 1. The van der Waals surface area contributed by atoms with Gasteiger partial charge in [-0.3, -0.25) is 9.36 Å². The number of thioether (sulfide) groups is 1. The van der Waals surface area contributed by atoms with Gasteiger partial charge in [0.15, 0.2) is 5.16 Å². The Kier molecular flexibility index (Phi) is 3.60. The number of hydrogen-bond acceptors (Lipinski definition) is 3. The number of hydrogen-bond donors (Lipinski definition) is 1. The number of benzene rings is 2. The second kappa shape index (κ2) is 5.88. The fourth-order valence-corrected chi connectivity index (χ4v) is 5.15. The first kappa shape index (κ1) is 15.9. The summed E-state index contributed by atoms with van der Waals surface area (Å²) in [5.74, 6) is -0.0342. The summed E-state index contributed by atoms with van der Waals surface area (Å²) in [4.78, 5) is 16.2. The first-order valence-electron chi connectivity index (χ1n) is 9.16. The zero-order valence-corrected chi connectivity index (χ0v) is 15.2. The van der Waals surface area contributed by atoms with E-state index in [-0.39, 0.29) is 0 Å². The Morgan fingerprint density at radius 3 is 2.58 bits per heavy atom. The Morgan fingerprint density at radius 1 is 1.15 bits per heavy atom. The second-order valence-corrected chi connectivity index (χ2v) is 8.68. The molecule has 0 unspecified atom stereocenters. The highest BCUT2D eigenvalue weighted by Crippen LogP contribution is 2.48. The van der Waals surface area contributed by atoms with Gasteiger partial charge in [0.05, 0.1) is 5.69 Å². The number of aromatic nitrogens is 2. The number of aliphatic carboxylic acids is 1. The summed E-state index contributed by atoms with van der Waals surface area (Å²) in [6.45, 7) is 0. The summed E-state index contributed by atoms with van der Waals surface area (Å²) in [5, 5.41) is 12.9. The van der Waals surface area contributed by atoms with Gasteiger partial charge in [-0.25, -0.2) is 4.98 Å². The molecule has 0 amide bonds. The summed E-state index contributed by atoms with van der Waals surface area (Å²) >= 11 is 1.40. The van der Waals surface area contributed by atoms with Crippen molar-refractivity contribution in [2.75, 3.05) is 0 Å². The van der Waals surface area contributed by atoms with Crippen molar-refractivity contribution in [2.45, 2.75) is 47.9 Å². The van der Waals surface area contributed by atoms with Crippen LogP contribution >= 0.6 is 11.8 Å². The van der Waals surface area contributed by atoms with Crippen LogP contribution in [0.2, 0.25) is 0 Å². The lowest BCUT2D eigenvalue weighted by atomic mass is 9.84. The standard InChI is InChI=1S/C21H20N2O2S/c24-19(25)21(10-3-11-21)26-20-22-12-13-23(20)18-9-8-15(14-6-7-14)16-4-1-2-5-17(16)18/h1-2,4-5,8-9,12-14H,3,6-7,10-11H2,(H,24,25). The lowest BCUT2D eigenvalue weighted by Gasteiger charge is -2.36. The fraction of sp³-hybridized carbons (Fsp3) is 0.333. The smallest absolute Gasteiger partial charge is 0.320 e. The van der Waals surface area contributed by atoms with E-state index < -0.39 is 10.7 Å². The number of fused-ring (bicyclic) bond motifs is 1. The highest BCUT2D eigenvalue weighted by Gasteiger charge is 2.46. The summed E-state index contributed by atoms with van der Waals surface area (Å²) in [6.07, 6.45) is 8.64. The number of rotatable bonds is 5. The van der Waals surface area contributed by atoms with Crippen LogP contribution in [0.5, 0.6) is 0 Å². The van der Waals surface area contributed by atoms with Crippen LogP contribution in [0.4, 0.5) is 0 Å². The van der Waals surface area contributed by atoms with Crippen LogP contribution in [-0.2, 0) is 4.79 Å². The molecule has 3 aromatic rings. The Hall–Kier alpha value is -2.27. The van der Waals surface area contributed by atoms with Crippen molar-refractivity contribution in [2.24, 2.45) is 0 Å². The second-order valence-electron chi connectivity index (χ2n) is 7.33. The van der Waals surface area contributed by atoms with Gasteiger partial charge in [-0.05, 0) is 55.0 Å². The molecular weight excluding hydrogens is 344 g/mol. The normalized spacial score (nSPS) is 18.6. The van der Waals surface area contributed by atoms with E-state index >= 15 is 0 Å². The van der Waals surface area contributed by atoms with Crippen LogP contribution in [-0.4, -0.2) is 25.4 Å². The van der Waals surface area contributed by atoms with Crippen molar-refractivity contribution in [1.82, 2.24) is 9.55 Å². The van der Waals surface area contributed by atoms with Crippen LogP contribution in [0.3, 0.4) is 0 Å². The number of imidazole rings is 1.